The van der Waals surface area contributed by atoms with E-state index in [4.69, 9.17) is 0 Å². The zero-order valence-corrected chi connectivity index (χ0v) is 14.7. The highest BCUT2D eigenvalue weighted by Gasteiger charge is 2.41. The van der Waals surface area contributed by atoms with Crippen molar-refractivity contribution in [2.75, 3.05) is 6.54 Å². The fraction of sp³-hybridized carbons (Fsp3) is 0.474. The predicted octanol–water partition coefficient (Wildman–Crippen LogP) is 3.11. The van der Waals surface area contributed by atoms with Crippen LogP contribution in [-0.4, -0.2) is 43.2 Å². The van der Waals surface area contributed by atoms with Gasteiger partial charge in [-0.1, -0.05) is 19.9 Å². The molecule has 3 rings (SSSR count). The van der Waals surface area contributed by atoms with Gasteiger partial charge in [-0.05, 0) is 30.4 Å². The average molecular weight is 343 g/mol. The first-order valence-corrected chi connectivity index (χ1v) is 8.78. The van der Waals surface area contributed by atoms with Gasteiger partial charge in [0.15, 0.2) is 5.76 Å². The fourth-order valence-corrected chi connectivity index (χ4v) is 3.60. The van der Waals surface area contributed by atoms with Gasteiger partial charge in [0.2, 0.25) is 0 Å². The molecule has 0 spiro atoms. The molecule has 1 unspecified atom stereocenters. The highest BCUT2D eigenvalue weighted by Crippen LogP contribution is 2.36. The van der Waals surface area contributed by atoms with Gasteiger partial charge in [-0.25, -0.2) is 4.98 Å². The summed E-state index contributed by atoms with van der Waals surface area (Å²) in [6, 6.07) is -0.294. The van der Waals surface area contributed by atoms with Crippen molar-refractivity contribution in [1.82, 2.24) is 14.5 Å². The zero-order valence-electron chi connectivity index (χ0n) is 14.7. The molecule has 2 N–H and O–H groups in total. The van der Waals surface area contributed by atoms with Gasteiger partial charge in [0.05, 0.1) is 18.1 Å². The van der Waals surface area contributed by atoms with Crippen LogP contribution in [0.2, 0.25) is 0 Å². The van der Waals surface area contributed by atoms with E-state index in [2.05, 4.69) is 11.1 Å². The number of aliphatic hydroxyl groups excluding tert-OH is 2. The Kier molecular flexibility index (Phi) is 4.97. The van der Waals surface area contributed by atoms with Gasteiger partial charge < -0.3 is 19.7 Å². The van der Waals surface area contributed by atoms with Gasteiger partial charge in [-0.2, -0.15) is 0 Å². The second-order valence-electron chi connectivity index (χ2n) is 6.89. The van der Waals surface area contributed by atoms with Crippen molar-refractivity contribution in [2.24, 2.45) is 5.92 Å². The first-order chi connectivity index (χ1) is 12.0. The molecule has 0 saturated heterocycles. The Labute approximate surface area is 147 Å². The number of carbonyl (C=O) groups is 1. The summed E-state index contributed by atoms with van der Waals surface area (Å²) in [7, 11) is 0. The maximum absolute atomic E-state index is 12.6. The third kappa shape index (κ3) is 3.48. The molecular formula is C19H25N3O3. The lowest BCUT2D eigenvalue weighted by Crippen LogP contribution is -2.38. The number of hydrogen-bond acceptors (Lipinski definition) is 4. The second kappa shape index (κ2) is 7.17. The van der Waals surface area contributed by atoms with Crippen molar-refractivity contribution in [3.05, 3.63) is 53.5 Å². The van der Waals surface area contributed by atoms with Gasteiger partial charge in [0.1, 0.15) is 0 Å². The summed E-state index contributed by atoms with van der Waals surface area (Å²) in [5.74, 6) is -0.0792. The van der Waals surface area contributed by atoms with Gasteiger partial charge in [-0.3, -0.25) is 4.79 Å². The summed E-state index contributed by atoms with van der Waals surface area (Å²) in [5.41, 5.74) is 1.64. The van der Waals surface area contributed by atoms with E-state index in [9.17, 15) is 15.0 Å². The van der Waals surface area contributed by atoms with Gasteiger partial charge >= 0.3 is 0 Å². The van der Waals surface area contributed by atoms with Crippen molar-refractivity contribution in [3.8, 4) is 0 Å². The zero-order chi connectivity index (χ0) is 18.0. The molecule has 0 aromatic carbocycles. The Morgan fingerprint density at radius 2 is 2.12 bits per heavy atom. The number of aromatic nitrogens is 2. The fourth-order valence-electron chi connectivity index (χ4n) is 3.60. The molecule has 1 aliphatic heterocycles. The number of amides is 1. The molecule has 6 nitrogen and oxygen atoms in total. The van der Waals surface area contributed by atoms with Crippen LogP contribution in [0.4, 0.5) is 0 Å². The van der Waals surface area contributed by atoms with E-state index < -0.39 is 0 Å². The Hall–Kier alpha value is -2.50. The quantitative estimate of drug-likeness (QED) is 0.832. The molecule has 6 heteroatoms. The van der Waals surface area contributed by atoms with E-state index in [1.54, 1.807) is 23.5 Å². The Morgan fingerprint density at radius 3 is 2.76 bits per heavy atom. The molecule has 2 aliphatic rings. The van der Waals surface area contributed by atoms with Crippen molar-refractivity contribution in [3.63, 3.8) is 0 Å². The standard InChI is InChI=1S/C19H25N3O3/c1-13(2)16-17(14-5-3-6-15(23)11-14)22(19(25)18(16)24)9-4-8-21-10-7-20-12-21/h5,7,10-13,17,23-24H,3-4,6,8-9H2,1-2H3. The molecule has 1 atom stereocenters. The molecule has 0 fully saturated rings. The average Bonchev–Trinajstić information content (AvgIpc) is 3.16. The molecule has 1 amide bonds. The van der Waals surface area contributed by atoms with E-state index in [0.29, 0.717) is 18.7 Å². The van der Waals surface area contributed by atoms with Crippen LogP contribution in [0.15, 0.2) is 53.5 Å². The monoisotopic (exact) mass is 343 g/mol. The largest absolute Gasteiger partial charge is 0.512 e. The van der Waals surface area contributed by atoms with Crippen LogP contribution in [-0.2, 0) is 11.3 Å². The molecule has 1 aliphatic carbocycles. The van der Waals surface area contributed by atoms with Crippen LogP contribution in [0.3, 0.4) is 0 Å². The number of rotatable bonds is 6. The molecule has 0 bridgehead atoms. The molecule has 134 valence electrons. The summed E-state index contributed by atoms with van der Waals surface area (Å²) >= 11 is 0. The number of carbonyl (C=O) groups excluding carboxylic acids is 1. The number of allylic oxidation sites excluding steroid dienone is 2. The minimum absolute atomic E-state index is 0.0472. The van der Waals surface area contributed by atoms with Crippen LogP contribution in [0, 0.1) is 5.92 Å². The highest BCUT2D eigenvalue weighted by molar-refractivity contribution is 5.96. The van der Waals surface area contributed by atoms with Gasteiger partial charge in [0.25, 0.3) is 5.91 Å². The summed E-state index contributed by atoms with van der Waals surface area (Å²) < 4.78 is 1.97. The van der Waals surface area contributed by atoms with Crippen LogP contribution in [0.25, 0.3) is 0 Å². The number of aryl methyl sites for hydroxylation is 1. The number of nitrogens with zero attached hydrogens (tertiary/aromatic N) is 3. The smallest absolute Gasteiger partial charge is 0.289 e. The minimum atomic E-state index is -0.321. The summed E-state index contributed by atoms with van der Waals surface area (Å²) in [5, 5.41) is 20.3. The molecule has 1 aromatic heterocycles. The summed E-state index contributed by atoms with van der Waals surface area (Å²) in [4.78, 5) is 18.4. The van der Waals surface area contributed by atoms with Crippen molar-refractivity contribution < 1.29 is 15.0 Å². The number of imidazole rings is 1. The lowest BCUT2D eigenvalue weighted by Gasteiger charge is -2.30. The lowest BCUT2D eigenvalue weighted by molar-refractivity contribution is -0.128. The number of hydrogen-bond donors (Lipinski definition) is 2. The predicted molar refractivity (Wildman–Crippen MR) is 94.9 cm³/mol. The Balaban J connectivity index is 1.82. The summed E-state index contributed by atoms with van der Waals surface area (Å²) in [6.45, 7) is 5.25. The van der Waals surface area contributed by atoms with E-state index in [1.807, 2.05) is 24.6 Å². The van der Waals surface area contributed by atoms with Crippen molar-refractivity contribution >= 4 is 5.91 Å². The highest BCUT2D eigenvalue weighted by atomic mass is 16.3. The first kappa shape index (κ1) is 17.3. The normalized spacial score (nSPS) is 21.2. The van der Waals surface area contributed by atoms with Crippen LogP contribution >= 0.6 is 0 Å². The van der Waals surface area contributed by atoms with E-state index >= 15 is 0 Å². The molecule has 1 aromatic rings. The van der Waals surface area contributed by atoms with Crippen molar-refractivity contribution in [1.29, 1.82) is 0 Å². The van der Waals surface area contributed by atoms with Gasteiger partial charge in [-0.15, -0.1) is 0 Å². The number of aliphatic hydroxyl groups is 2. The molecular weight excluding hydrogens is 318 g/mol. The molecule has 0 radical (unpaired) electrons. The minimum Gasteiger partial charge on any atom is -0.512 e. The van der Waals surface area contributed by atoms with Crippen LogP contribution in [0.5, 0.6) is 0 Å². The van der Waals surface area contributed by atoms with Crippen LogP contribution in [0.1, 0.15) is 33.1 Å². The Bertz CT molecular complexity index is 729. The first-order valence-electron chi connectivity index (χ1n) is 8.78. The maximum Gasteiger partial charge on any atom is 0.289 e. The SMILES string of the molecule is CC(C)C1=C(O)C(=O)N(CCCn2ccnc2)C1C1=CCCC(O)=C1. The molecule has 25 heavy (non-hydrogen) atoms. The maximum atomic E-state index is 12.6. The van der Waals surface area contributed by atoms with Gasteiger partial charge in [0, 0.05) is 37.5 Å². The van der Waals surface area contributed by atoms with E-state index in [0.717, 1.165) is 30.5 Å². The van der Waals surface area contributed by atoms with E-state index in [1.165, 1.54) is 0 Å². The lowest BCUT2D eigenvalue weighted by atomic mass is 9.88. The second-order valence-corrected chi connectivity index (χ2v) is 6.89. The molecule has 2 heterocycles. The van der Waals surface area contributed by atoms with Crippen molar-refractivity contribution in [2.45, 2.75) is 45.7 Å². The third-order valence-corrected chi connectivity index (χ3v) is 4.77. The summed E-state index contributed by atoms with van der Waals surface area (Å²) in [6.07, 6.45) is 11.3. The van der Waals surface area contributed by atoms with Crippen LogP contribution < -0.4 is 0 Å². The molecule has 0 saturated carbocycles. The van der Waals surface area contributed by atoms with E-state index in [-0.39, 0.29) is 23.6 Å². The third-order valence-electron chi connectivity index (χ3n) is 4.77. The topological polar surface area (TPSA) is 78.6 Å². The Morgan fingerprint density at radius 1 is 1.32 bits per heavy atom.